The van der Waals surface area contributed by atoms with Crippen LogP contribution in [0.1, 0.15) is 32.3 Å². The topological polar surface area (TPSA) is 93.5 Å². The predicted molar refractivity (Wildman–Crippen MR) is 102 cm³/mol. The Balaban J connectivity index is 2.09. The SMILES string of the molecule is COc1cc([N+](=O)[O-])ccc1NC(=O)[C@@H](C)Nc1cccc(C(C)C)c1. The van der Waals surface area contributed by atoms with Gasteiger partial charge in [0.25, 0.3) is 5.69 Å². The second-order valence-electron chi connectivity index (χ2n) is 6.28. The molecule has 0 radical (unpaired) electrons. The van der Waals surface area contributed by atoms with Crippen LogP contribution in [-0.4, -0.2) is 24.0 Å². The van der Waals surface area contributed by atoms with Crippen molar-refractivity contribution in [1.29, 1.82) is 0 Å². The van der Waals surface area contributed by atoms with Gasteiger partial charge in [0.05, 0.1) is 23.8 Å². The fourth-order valence-corrected chi connectivity index (χ4v) is 2.44. The highest BCUT2D eigenvalue weighted by Gasteiger charge is 2.17. The molecule has 138 valence electrons. The number of hydrogen-bond acceptors (Lipinski definition) is 5. The molecule has 0 aliphatic carbocycles. The molecule has 2 N–H and O–H groups in total. The number of benzene rings is 2. The minimum atomic E-state index is -0.514. The number of nitro benzene ring substituents is 1. The van der Waals surface area contributed by atoms with Crippen LogP contribution in [0.4, 0.5) is 17.1 Å². The van der Waals surface area contributed by atoms with Crippen LogP contribution in [0.5, 0.6) is 5.75 Å². The van der Waals surface area contributed by atoms with Crippen LogP contribution in [0, 0.1) is 10.1 Å². The summed E-state index contributed by atoms with van der Waals surface area (Å²) in [6.45, 7) is 5.96. The molecule has 0 spiro atoms. The van der Waals surface area contributed by atoms with E-state index in [-0.39, 0.29) is 17.3 Å². The maximum Gasteiger partial charge on any atom is 0.273 e. The number of hydrogen-bond donors (Lipinski definition) is 2. The van der Waals surface area contributed by atoms with E-state index in [4.69, 9.17) is 4.74 Å². The van der Waals surface area contributed by atoms with Gasteiger partial charge in [-0.2, -0.15) is 0 Å². The average Bonchev–Trinajstić information content (AvgIpc) is 2.61. The molecule has 0 bridgehead atoms. The molecule has 0 aromatic heterocycles. The summed E-state index contributed by atoms with van der Waals surface area (Å²) in [6, 6.07) is 11.5. The summed E-state index contributed by atoms with van der Waals surface area (Å²) in [5, 5.41) is 16.7. The van der Waals surface area contributed by atoms with Crippen molar-refractivity contribution in [2.24, 2.45) is 0 Å². The minimum absolute atomic E-state index is 0.100. The zero-order valence-electron chi connectivity index (χ0n) is 15.3. The summed E-state index contributed by atoms with van der Waals surface area (Å²) >= 11 is 0. The van der Waals surface area contributed by atoms with Crippen molar-refractivity contribution in [3.05, 3.63) is 58.1 Å². The van der Waals surface area contributed by atoms with Crippen LogP contribution in [0.2, 0.25) is 0 Å². The van der Waals surface area contributed by atoms with Gasteiger partial charge in [0.2, 0.25) is 5.91 Å². The number of carbonyl (C=O) groups is 1. The third-order valence-corrected chi connectivity index (χ3v) is 3.98. The predicted octanol–water partition coefficient (Wildman–Crippen LogP) is 4.17. The molecule has 2 aromatic rings. The largest absolute Gasteiger partial charge is 0.494 e. The molecule has 2 rings (SSSR count). The molecule has 7 heteroatoms. The van der Waals surface area contributed by atoms with E-state index in [2.05, 4.69) is 24.5 Å². The number of ether oxygens (including phenoxy) is 1. The highest BCUT2D eigenvalue weighted by Crippen LogP contribution is 2.29. The zero-order chi connectivity index (χ0) is 19.3. The maximum atomic E-state index is 12.5. The van der Waals surface area contributed by atoms with Crippen LogP contribution >= 0.6 is 0 Å². The Morgan fingerprint density at radius 1 is 1.15 bits per heavy atom. The summed E-state index contributed by atoms with van der Waals surface area (Å²) < 4.78 is 5.14. The number of methoxy groups -OCH3 is 1. The number of amides is 1. The summed E-state index contributed by atoms with van der Waals surface area (Å²) in [5.74, 6) is 0.360. The first kappa shape index (κ1) is 19.2. The molecule has 7 nitrogen and oxygen atoms in total. The highest BCUT2D eigenvalue weighted by atomic mass is 16.6. The minimum Gasteiger partial charge on any atom is -0.494 e. The molecule has 2 aromatic carbocycles. The lowest BCUT2D eigenvalue weighted by molar-refractivity contribution is -0.384. The number of non-ortho nitro benzene ring substituents is 1. The van der Waals surface area contributed by atoms with Gasteiger partial charge in [0.1, 0.15) is 11.8 Å². The van der Waals surface area contributed by atoms with Gasteiger partial charge in [-0.15, -0.1) is 0 Å². The van der Waals surface area contributed by atoms with E-state index in [0.717, 1.165) is 5.69 Å². The molecular formula is C19H23N3O4. The van der Waals surface area contributed by atoms with E-state index in [9.17, 15) is 14.9 Å². The average molecular weight is 357 g/mol. The molecule has 0 fully saturated rings. The lowest BCUT2D eigenvalue weighted by atomic mass is 10.0. The normalized spacial score (nSPS) is 11.7. The summed E-state index contributed by atoms with van der Waals surface area (Å²) in [5.41, 5.74) is 2.32. The highest BCUT2D eigenvalue weighted by molar-refractivity contribution is 5.97. The summed E-state index contributed by atoms with van der Waals surface area (Å²) in [7, 11) is 1.40. The maximum absolute atomic E-state index is 12.5. The first-order valence-electron chi connectivity index (χ1n) is 8.31. The quantitative estimate of drug-likeness (QED) is 0.573. The fourth-order valence-electron chi connectivity index (χ4n) is 2.44. The van der Waals surface area contributed by atoms with E-state index >= 15 is 0 Å². The Kier molecular flexibility index (Phi) is 6.16. The van der Waals surface area contributed by atoms with Crippen molar-refractivity contribution in [2.45, 2.75) is 32.7 Å². The van der Waals surface area contributed by atoms with Gasteiger partial charge >= 0.3 is 0 Å². The van der Waals surface area contributed by atoms with E-state index < -0.39 is 11.0 Å². The van der Waals surface area contributed by atoms with Gasteiger partial charge in [0, 0.05) is 11.8 Å². The second-order valence-corrected chi connectivity index (χ2v) is 6.28. The molecule has 0 aliphatic heterocycles. The third kappa shape index (κ3) is 4.72. The standard InChI is InChI=1S/C19H23N3O4/c1-12(2)14-6-5-7-15(10-14)20-13(3)19(23)21-17-9-8-16(22(24)25)11-18(17)26-4/h5-13,20H,1-4H3,(H,21,23)/t13-/m1/s1. The third-order valence-electron chi connectivity index (χ3n) is 3.98. The molecule has 0 unspecified atom stereocenters. The number of nitro groups is 1. The van der Waals surface area contributed by atoms with E-state index in [0.29, 0.717) is 11.6 Å². The van der Waals surface area contributed by atoms with E-state index in [1.807, 2.05) is 24.3 Å². The smallest absolute Gasteiger partial charge is 0.273 e. The molecule has 0 saturated heterocycles. The summed E-state index contributed by atoms with van der Waals surface area (Å²) in [4.78, 5) is 22.8. The van der Waals surface area contributed by atoms with Gasteiger partial charge in [-0.25, -0.2) is 0 Å². The van der Waals surface area contributed by atoms with Crippen molar-refractivity contribution in [3.63, 3.8) is 0 Å². The van der Waals surface area contributed by atoms with Crippen molar-refractivity contribution in [1.82, 2.24) is 0 Å². The van der Waals surface area contributed by atoms with Gasteiger partial charge in [-0.3, -0.25) is 14.9 Å². The first-order chi connectivity index (χ1) is 12.3. The number of carbonyl (C=O) groups excluding carboxylic acids is 1. The number of nitrogens with one attached hydrogen (secondary N) is 2. The van der Waals surface area contributed by atoms with E-state index in [1.54, 1.807) is 6.92 Å². The van der Waals surface area contributed by atoms with Gasteiger partial charge < -0.3 is 15.4 Å². The Hall–Kier alpha value is -3.09. The molecule has 0 heterocycles. The summed E-state index contributed by atoms with van der Waals surface area (Å²) in [6.07, 6.45) is 0. The number of rotatable bonds is 7. The first-order valence-corrected chi connectivity index (χ1v) is 8.31. The van der Waals surface area contributed by atoms with Crippen LogP contribution in [0.3, 0.4) is 0 Å². The monoisotopic (exact) mass is 357 g/mol. The Bertz CT molecular complexity index is 805. The number of nitrogens with zero attached hydrogens (tertiary/aromatic N) is 1. The van der Waals surface area contributed by atoms with Crippen molar-refractivity contribution >= 4 is 23.0 Å². The second kappa shape index (κ2) is 8.33. The molecular weight excluding hydrogens is 334 g/mol. The molecule has 0 saturated carbocycles. The van der Waals surface area contributed by atoms with Crippen molar-refractivity contribution in [3.8, 4) is 5.75 Å². The molecule has 0 aliphatic rings. The lowest BCUT2D eigenvalue weighted by Crippen LogP contribution is -2.32. The molecule has 1 amide bonds. The number of anilines is 2. The van der Waals surface area contributed by atoms with Gasteiger partial charge in [0.15, 0.2) is 0 Å². The fraction of sp³-hybridized carbons (Fsp3) is 0.316. The van der Waals surface area contributed by atoms with Crippen molar-refractivity contribution < 1.29 is 14.5 Å². The Morgan fingerprint density at radius 2 is 1.88 bits per heavy atom. The Morgan fingerprint density at radius 3 is 2.50 bits per heavy atom. The zero-order valence-corrected chi connectivity index (χ0v) is 15.3. The van der Waals surface area contributed by atoms with Crippen LogP contribution in [-0.2, 0) is 4.79 Å². The molecule has 26 heavy (non-hydrogen) atoms. The van der Waals surface area contributed by atoms with Gasteiger partial charge in [-0.05, 0) is 36.6 Å². The van der Waals surface area contributed by atoms with Crippen LogP contribution in [0.15, 0.2) is 42.5 Å². The van der Waals surface area contributed by atoms with Crippen LogP contribution in [0.25, 0.3) is 0 Å². The van der Waals surface area contributed by atoms with E-state index in [1.165, 1.54) is 30.9 Å². The lowest BCUT2D eigenvalue weighted by Gasteiger charge is -2.17. The van der Waals surface area contributed by atoms with Crippen molar-refractivity contribution in [2.75, 3.05) is 17.7 Å². The molecule has 1 atom stereocenters. The Labute approximate surface area is 152 Å². The van der Waals surface area contributed by atoms with Gasteiger partial charge in [-0.1, -0.05) is 26.0 Å². The van der Waals surface area contributed by atoms with Crippen LogP contribution < -0.4 is 15.4 Å².